The summed E-state index contributed by atoms with van der Waals surface area (Å²) >= 11 is 9.60. The SMILES string of the molecule is CCCCCn1cnc2c(F)c(Nc3ccc(Br)cc3Cl)c(C(=O)NOCCO)cc21. The lowest BCUT2D eigenvalue weighted by atomic mass is 10.1. The predicted molar refractivity (Wildman–Crippen MR) is 122 cm³/mol. The minimum Gasteiger partial charge on any atom is -0.394 e. The number of aromatic nitrogens is 2. The third kappa shape index (κ3) is 5.54. The molecule has 1 aromatic heterocycles. The molecule has 0 bridgehead atoms. The van der Waals surface area contributed by atoms with Crippen LogP contribution in [0.25, 0.3) is 11.0 Å². The zero-order chi connectivity index (χ0) is 22.4. The van der Waals surface area contributed by atoms with Crippen molar-refractivity contribution >= 4 is 55.8 Å². The molecule has 3 rings (SSSR count). The summed E-state index contributed by atoms with van der Waals surface area (Å²) in [7, 11) is 0. The average Bonchev–Trinajstić information content (AvgIpc) is 3.15. The van der Waals surface area contributed by atoms with Gasteiger partial charge in [-0.15, -0.1) is 0 Å². The second-order valence-corrected chi connectivity index (χ2v) is 8.20. The van der Waals surface area contributed by atoms with Crippen molar-refractivity contribution in [2.75, 3.05) is 18.5 Å². The normalized spacial score (nSPS) is 11.1. The van der Waals surface area contributed by atoms with Gasteiger partial charge in [0.05, 0.1) is 47.0 Å². The highest BCUT2D eigenvalue weighted by atomic mass is 79.9. The van der Waals surface area contributed by atoms with Gasteiger partial charge in [-0.3, -0.25) is 9.63 Å². The largest absolute Gasteiger partial charge is 0.394 e. The molecule has 0 atom stereocenters. The number of nitrogens with zero attached hydrogens (tertiary/aromatic N) is 2. The van der Waals surface area contributed by atoms with Gasteiger partial charge in [0.2, 0.25) is 0 Å². The Labute approximate surface area is 192 Å². The second-order valence-electron chi connectivity index (χ2n) is 6.88. The molecule has 10 heteroatoms. The van der Waals surface area contributed by atoms with E-state index >= 15 is 4.39 Å². The van der Waals surface area contributed by atoms with E-state index in [2.05, 4.69) is 38.6 Å². The Bertz CT molecular complexity index is 1080. The van der Waals surface area contributed by atoms with Crippen LogP contribution in [0.5, 0.6) is 0 Å². The Balaban J connectivity index is 2.06. The highest BCUT2D eigenvalue weighted by Gasteiger charge is 2.22. The van der Waals surface area contributed by atoms with E-state index in [9.17, 15) is 4.79 Å². The molecule has 0 aliphatic heterocycles. The van der Waals surface area contributed by atoms with Crippen LogP contribution in [-0.2, 0) is 11.4 Å². The molecular formula is C21H23BrClFN4O3. The molecule has 0 unspecified atom stereocenters. The maximum Gasteiger partial charge on any atom is 0.277 e. The number of hydroxylamine groups is 1. The van der Waals surface area contributed by atoms with Crippen LogP contribution in [0.15, 0.2) is 35.1 Å². The summed E-state index contributed by atoms with van der Waals surface area (Å²) in [5.41, 5.74) is 3.28. The number of imidazole rings is 1. The van der Waals surface area contributed by atoms with E-state index in [1.807, 2.05) is 4.57 Å². The van der Waals surface area contributed by atoms with Crippen molar-refractivity contribution in [1.82, 2.24) is 15.0 Å². The molecule has 1 heterocycles. The Morgan fingerprint density at radius 2 is 2.16 bits per heavy atom. The van der Waals surface area contributed by atoms with E-state index in [0.717, 1.165) is 23.7 Å². The molecular weight excluding hydrogens is 491 g/mol. The number of rotatable bonds is 10. The van der Waals surface area contributed by atoms with Crippen molar-refractivity contribution < 1.29 is 19.1 Å². The third-order valence-corrected chi connectivity index (χ3v) is 5.46. The number of carbonyl (C=O) groups excluding carboxylic acids is 1. The van der Waals surface area contributed by atoms with Crippen molar-refractivity contribution in [3.05, 3.63) is 51.5 Å². The highest BCUT2D eigenvalue weighted by Crippen LogP contribution is 2.34. The fraction of sp³-hybridized carbons (Fsp3) is 0.333. The van der Waals surface area contributed by atoms with Gasteiger partial charge >= 0.3 is 0 Å². The van der Waals surface area contributed by atoms with Crippen LogP contribution in [0.2, 0.25) is 5.02 Å². The third-order valence-electron chi connectivity index (χ3n) is 4.65. The fourth-order valence-electron chi connectivity index (χ4n) is 3.11. The number of hydrogen-bond acceptors (Lipinski definition) is 5. The van der Waals surface area contributed by atoms with Gasteiger partial charge in [-0.2, -0.15) is 0 Å². The summed E-state index contributed by atoms with van der Waals surface area (Å²) in [6.07, 6.45) is 4.58. The summed E-state index contributed by atoms with van der Waals surface area (Å²) in [4.78, 5) is 21.9. The summed E-state index contributed by atoms with van der Waals surface area (Å²) < 4.78 is 18.1. The molecule has 31 heavy (non-hydrogen) atoms. The van der Waals surface area contributed by atoms with Crippen LogP contribution in [0.1, 0.15) is 36.5 Å². The van der Waals surface area contributed by atoms with E-state index in [0.29, 0.717) is 22.8 Å². The van der Waals surface area contributed by atoms with Crippen LogP contribution in [0.3, 0.4) is 0 Å². The molecule has 3 aromatic rings. The predicted octanol–water partition coefficient (Wildman–Crippen LogP) is 5.18. The Morgan fingerprint density at radius 3 is 2.87 bits per heavy atom. The van der Waals surface area contributed by atoms with E-state index in [-0.39, 0.29) is 30.0 Å². The molecule has 0 fully saturated rings. The Hall–Kier alpha value is -2.20. The van der Waals surface area contributed by atoms with Crippen molar-refractivity contribution in [2.24, 2.45) is 0 Å². The van der Waals surface area contributed by atoms with Crippen LogP contribution in [-0.4, -0.2) is 33.8 Å². The lowest BCUT2D eigenvalue weighted by Gasteiger charge is -2.15. The van der Waals surface area contributed by atoms with Crippen LogP contribution < -0.4 is 10.8 Å². The lowest BCUT2D eigenvalue weighted by Crippen LogP contribution is -2.26. The smallest absolute Gasteiger partial charge is 0.277 e. The monoisotopic (exact) mass is 512 g/mol. The highest BCUT2D eigenvalue weighted by molar-refractivity contribution is 9.10. The number of hydrogen-bond donors (Lipinski definition) is 3. The molecule has 0 aliphatic carbocycles. The number of aliphatic hydroxyl groups is 1. The molecule has 0 saturated heterocycles. The fourth-order valence-corrected chi connectivity index (χ4v) is 3.83. The number of nitrogens with one attached hydrogen (secondary N) is 2. The number of benzene rings is 2. The van der Waals surface area contributed by atoms with Gasteiger partial charge in [-0.25, -0.2) is 14.9 Å². The number of amides is 1. The van der Waals surface area contributed by atoms with Gasteiger partial charge in [0.1, 0.15) is 5.52 Å². The standard InChI is InChI=1S/C21H23BrClFN4O3/c1-2-3-4-7-28-12-25-20-17(28)11-14(21(30)27-31-9-8-29)19(18(20)24)26-16-6-5-13(22)10-15(16)23/h5-6,10-12,26,29H,2-4,7-9H2,1H3,(H,27,30). The van der Waals surface area contributed by atoms with Crippen LogP contribution >= 0.6 is 27.5 Å². The first-order valence-corrected chi connectivity index (χ1v) is 11.1. The molecule has 7 nitrogen and oxygen atoms in total. The first-order valence-electron chi connectivity index (χ1n) is 9.88. The average molecular weight is 514 g/mol. The summed E-state index contributed by atoms with van der Waals surface area (Å²) in [6, 6.07) is 6.65. The summed E-state index contributed by atoms with van der Waals surface area (Å²) in [6.45, 7) is 2.41. The van der Waals surface area contributed by atoms with Crippen LogP contribution in [0, 0.1) is 5.82 Å². The second kappa shape index (κ2) is 10.9. The van der Waals surface area contributed by atoms with Crippen molar-refractivity contribution in [3.63, 3.8) is 0 Å². The number of fused-ring (bicyclic) bond motifs is 1. The van der Waals surface area contributed by atoms with Gasteiger partial charge in [0, 0.05) is 11.0 Å². The maximum absolute atomic E-state index is 15.5. The molecule has 0 aliphatic rings. The molecule has 0 radical (unpaired) electrons. The van der Waals surface area contributed by atoms with Crippen molar-refractivity contribution in [2.45, 2.75) is 32.7 Å². The van der Waals surface area contributed by atoms with Crippen LogP contribution in [0.4, 0.5) is 15.8 Å². The Kier molecular flexibility index (Phi) is 8.25. The summed E-state index contributed by atoms with van der Waals surface area (Å²) in [5.74, 6) is -1.33. The van der Waals surface area contributed by atoms with E-state index in [4.69, 9.17) is 21.5 Å². The minimum absolute atomic E-state index is 0.0270. The molecule has 2 aromatic carbocycles. The molecule has 3 N–H and O–H groups in total. The summed E-state index contributed by atoms with van der Waals surface area (Å²) in [5, 5.41) is 12.1. The molecule has 166 valence electrons. The van der Waals surface area contributed by atoms with E-state index in [1.165, 1.54) is 0 Å². The van der Waals surface area contributed by atoms with Gasteiger partial charge < -0.3 is 15.0 Å². The van der Waals surface area contributed by atoms with Gasteiger partial charge in [0.25, 0.3) is 5.91 Å². The quantitative estimate of drug-likeness (QED) is 0.257. The van der Waals surface area contributed by atoms with Gasteiger partial charge in [-0.05, 0) is 30.7 Å². The molecule has 0 saturated carbocycles. The van der Waals surface area contributed by atoms with Gasteiger partial charge in [0.15, 0.2) is 5.82 Å². The van der Waals surface area contributed by atoms with Gasteiger partial charge in [-0.1, -0.05) is 47.3 Å². The number of unbranched alkanes of at least 4 members (excludes halogenated alkanes) is 2. The number of anilines is 2. The topological polar surface area (TPSA) is 88.4 Å². The van der Waals surface area contributed by atoms with E-state index in [1.54, 1.807) is 30.6 Å². The zero-order valence-corrected chi connectivity index (χ0v) is 19.3. The lowest BCUT2D eigenvalue weighted by molar-refractivity contribution is 0.0169. The number of aliphatic hydroxyl groups excluding tert-OH is 1. The van der Waals surface area contributed by atoms with Crippen molar-refractivity contribution in [1.29, 1.82) is 0 Å². The molecule has 1 amide bonds. The minimum atomic E-state index is -0.668. The number of halogens is 3. The maximum atomic E-state index is 15.5. The Morgan fingerprint density at radius 1 is 1.35 bits per heavy atom. The zero-order valence-electron chi connectivity index (χ0n) is 16.9. The molecule has 0 spiro atoms. The van der Waals surface area contributed by atoms with Crippen molar-refractivity contribution in [3.8, 4) is 0 Å². The van der Waals surface area contributed by atoms with E-state index < -0.39 is 11.7 Å². The first kappa shape index (κ1) is 23.5. The first-order chi connectivity index (χ1) is 15.0. The number of carbonyl (C=O) groups is 1. The number of aryl methyl sites for hydroxylation is 1.